The molecule has 0 amide bonds. The van der Waals surface area contributed by atoms with E-state index in [1.54, 1.807) is 0 Å². The number of cyclic esters (lactones) is 2. The van der Waals surface area contributed by atoms with Gasteiger partial charge in [0.15, 0.2) is 11.5 Å². The average molecular weight is 422 g/mol. The van der Waals surface area contributed by atoms with Crippen LogP contribution in [0.2, 0.25) is 0 Å². The molecule has 0 saturated carbocycles. The van der Waals surface area contributed by atoms with Crippen molar-refractivity contribution in [1.82, 2.24) is 0 Å². The summed E-state index contributed by atoms with van der Waals surface area (Å²) in [6.07, 6.45) is 0.0659. The maximum Gasteiger partial charge on any atom is 0.321 e. The number of benzene rings is 2. The SMILES string of the molecule is CCOC1=C(OCC)C(c2cccc(C3CC(=O)OC3=O)c2)c2cccc(OCC)c21. The third-order valence-corrected chi connectivity index (χ3v) is 5.49. The third kappa shape index (κ3) is 3.78. The molecular formula is C25H26O6. The molecule has 0 bridgehead atoms. The number of hydrogen-bond acceptors (Lipinski definition) is 6. The van der Waals surface area contributed by atoms with Crippen molar-refractivity contribution >= 4 is 17.7 Å². The summed E-state index contributed by atoms with van der Waals surface area (Å²) in [6.45, 7) is 7.35. The van der Waals surface area contributed by atoms with Crippen LogP contribution >= 0.6 is 0 Å². The first-order chi connectivity index (χ1) is 15.1. The summed E-state index contributed by atoms with van der Waals surface area (Å²) in [6, 6.07) is 13.7. The molecule has 0 spiro atoms. The van der Waals surface area contributed by atoms with Gasteiger partial charge in [-0.3, -0.25) is 9.59 Å². The van der Waals surface area contributed by atoms with Crippen molar-refractivity contribution in [2.45, 2.75) is 39.0 Å². The molecule has 1 saturated heterocycles. The van der Waals surface area contributed by atoms with Crippen LogP contribution in [-0.4, -0.2) is 31.8 Å². The maximum atomic E-state index is 12.1. The Balaban J connectivity index is 1.84. The number of allylic oxidation sites excluding steroid dienone is 1. The van der Waals surface area contributed by atoms with E-state index < -0.39 is 17.9 Å². The van der Waals surface area contributed by atoms with Gasteiger partial charge in [0, 0.05) is 0 Å². The topological polar surface area (TPSA) is 71.1 Å². The van der Waals surface area contributed by atoms with E-state index in [-0.39, 0.29) is 12.3 Å². The van der Waals surface area contributed by atoms with Crippen LogP contribution in [-0.2, 0) is 23.8 Å². The largest absolute Gasteiger partial charge is 0.493 e. The summed E-state index contributed by atoms with van der Waals surface area (Å²) in [4.78, 5) is 23.7. The molecule has 0 aromatic heterocycles. The molecule has 2 aromatic carbocycles. The highest BCUT2D eigenvalue weighted by molar-refractivity contribution is 5.97. The van der Waals surface area contributed by atoms with Gasteiger partial charge in [0.2, 0.25) is 0 Å². The van der Waals surface area contributed by atoms with Crippen LogP contribution in [0.25, 0.3) is 5.76 Å². The minimum absolute atomic E-state index is 0.0659. The van der Waals surface area contributed by atoms with Crippen molar-refractivity contribution in [1.29, 1.82) is 0 Å². The normalized spacial score (nSPS) is 20.0. The second-order valence-corrected chi connectivity index (χ2v) is 7.37. The van der Waals surface area contributed by atoms with E-state index in [2.05, 4.69) is 0 Å². The van der Waals surface area contributed by atoms with E-state index >= 15 is 0 Å². The Labute approximate surface area is 181 Å². The molecule has 162 valence electrons. The fourth-order valence-electron chi connectivity index (χ4n) is 4.31. The van der Waals surface area contributed by atoms with Crippen LogP contribution in [0.3, 0.4) is 0 Å². The Morgan fingerprint density at radius 2 is 1.61 bits per heavy atom. The van der Waals surface area contributed by atoms with Crippen molar-refractivity contribution in [3.05, 3.63) is 70.5 Å². The number of carbonyl (C=O) groups excluding carboxylic acids is 2. The van der Waals surface area contributed by atoms with E-state index in [9.17, 15) is 9.59 Å². The molecule has 1 heterocycles. The Morgan fingerprint density at radius 1 is 0.903 bits per heavy atom. The van der Waals surface area contributed by atoms with E-state index in [1.165, 1.54) is 0 Å². The van der Waals surface area contributed by atoms with Crippen LogP contribution in [0.1, 0.15) is 61.3 Å². The number of hydrogen-bond donors (Lipinski definition) is 0. The molecule has 0 N–H and O–H groups in total. The Hall–Kier alpha value is -3.28. The van der Waals surface area contributed by atoms with E-state index in [0.29, 0.717) is 25.6 Å². The molecule has 2 unspecified atom stereocenters. The van der Waals surface area contributed by atoms with Crippen molar-refractivity contribution in [2.24, 2.45) is 0 Å². The van der Waals surface area contributed by atoms with E-state index in [0.717, 1.165) is 33.8 Å². The van der Waals surface area contributed by atoms with Crippen LogP contribution in [0.5, 0.6) is 5.75 Å². The minimum atomic E-state index is -0.575. The molecule has 6 nitrogen and oxygen atoms in total. The monoisotopic (exact) mass is 422 g/mol. The van der Waals surface area contributed by atoms with Gasteiger partial charge < -0.3 is 18.9 Å². The summed E-state index contributed by atoms with van der Waals surface area (Å²) in [5.74, 6) is 0.413. The molecule has 2 atom stereocenters. The number of fused-ring (bicyclic) bond motifs is 1. The minimum Gasteiger partial charge on any atom is -0.493 e. The molecule has 0 radical (unpaired) electrons. The van der Waals surface area contributed by atoms with Gasteiger partial charge in [-0.2, -0.15) is 0 Å². The first-order valence-electron chi connectivity index (χ1n) is 10.7. The van der Waals surface area contributed by atoms with Crippen LogP contribution < -0.4 is 4.74 Å². The molecule has 6 heteroatoms. The second kappa shape index (κ2) is 8.84. The standard InChI is InChI=1S/C25H26O6/c1-4-28-19-12-8-11-17-21(23(29-5-2)24(22(17)19)30-6-3)16-10-7-9-15(13-16)18-14-20(26)31-25(18)27/h7-13,18,21H,4-6,14H2,1-3H3. The van der Waals surface area contributed by atoms with Gasteiger partial charge in [0.25, 0.3) is 0 Å². The lowest BCUT2D eigenvalue weighted by atomic mass is 9.88. The summed E-state index contributed by atoms with van der Waals surface area (Å²) < 4.78 is 22.8. The lowest BCUT2D eigenvalue weighted by Gasteiger charge is -2.19. The first-order valence-corrected chi connectivity index (χ1v) is 10.7. The fraction of sp³-hybridized carbons (Fsp3) is 0.360. The van der Waals surface area contributed by atoms with Gasteiger partial charge in [-0.15, -0.1) is 0 Å². The Kier molecular flexibility index (Phi) is 5.98. The van der Waals surface area contributed by atoms with Gasteiger partial charge in [0.05, 0.1) is 43.6 Å². The van der Waals surface area contributed by atoms with E-state index in [4.69, 9.17) is 18.9 Å². The van der Waals surface area contributed by atoms with Crippen LogP contribution in [0.15, 0.2) is 48.2 Å². The highest BCUT2D eigenvalue weighted by Crippen LogP contribution is 2.50. The maximum absolute atomic E-state index is 12.1. The molecule has 1 aliphatic heterocycles. The van der Waals surface area contributed by atoms with Crippen molar-refractivity contribution in [3.8, 4) is 5.75 Å². The molecule has 2 aromatic rings. The summed E-state index contributed by atoms with van der Waals surface area (Å²) in [7, 11) is 0. The van der Waals surface area contributed by atoms with E-state index in [1.807, 2.05) is 63.2 Å². The lowest BCUT2D eigenvalue weighted by molar-refractivity contribution is -0.152. The highest BCUT2D eigenvalue weighted by Gasteiger charge is 2.39. The summed E-state index contributed by atoms with van der Waals surface area (Å²) in [5, 5.41) is 0. The van der Waals surface area contributed by atoms with Crippen molar-refractivity contribution < 1.29 is 28.5 Å². The predicted molar refractivity (Wildman–Crippen MR) is 115 cm³/mol. The number of rotatable bonds is 8. The second-order valence-electron chi connectivity index (χ2n) is 7.37. The zero-order valence-electron chi connectivity index (χ0n) is 18.0. The van der Waals surface area contributed by atoms with Gasteiger partial charge in [0.1, 0.15) is 5.75 Å². The molecule has 1 aliphatic carbocycles. The van der Waals surface area contributed by atoms with Crippen molar-refractivity contribution in [2.75, 3.05) is 19.8 Å². The zero-order chi connectivity index (χ0) is 22.0. The first kappa shape index (κ1) is 21.0. The van der Waals surface area contributed by atoms with Crippen molar-refractivity contribution in [3.63, 3.8) is 0 Å². The van der Waals surface area contributed by atoms with Gasteiger partial charge in [-0.25, -0.2) is 0 Å². The molecule has 2 aliphatic rings. The Bertz CT molecular complexity index is 1040. The Morgan fingerprint density at radius 3 is 2.29 bits per heavy atom. The van der Waals surface area contributed by atoms with Gasteiger partial charge >= 0.3 is 11.9 Å². The van der Waals surface area contributed by atoms with Crippen LogP contribution in [0, 0.1) is 0 Å². The lowest BCUT2D eigenvalue weighted by Crippen LogP contribution is -2.09. The molecule has 31 heavy (non-hydrogen) atoms. The van der Waals surface area contributed by atoms with Gasteiger partial charge in [-0.1, -0.05) is 36.4 Å². The quantitative estimate of drug-likeness (QED) is 0.460. The summed E-state index contributed by atoms with van der Waals surface area (Å²) in [5.41, 5.74) is 3.65. The average Bonchev–Trinajstić information content (AvgIpc) is 3.26. The molecule has 4 rings (SSSR count). The fourth-order valence-corrected chi connectivity index (χ4v) is 4.31. The molecule has 1 fully saturated rings. The zero-order valence-corrected chi connectivity index (χ0v) is 18.0. The third-order valence-electron chi connectivity index (χ3n) is 5.49. The number of ether oxygens (including phenoxy) is 4. The van der Waals surface area contributed by atoms with Gasteiger partial charge in [-0.05, 0) is 43.5 Å². The summed E-state index contributed by atoms with van der Waals surface area (Å²) >= 11 is 0. The molecular weight excluding hydrogens is 396 g/mol. The highest BCUT2D eigenvalue weighted by atomic mass is 16.6. The smallest absolute Gasteiger partial charge is 0.321 e. The number of carbonyl (C=O) groups is 2. The number of esters is 2. The van der Waals surface area contributed by atoms with Crippen LogP contribution in [0.4, 0.5) is 0 Å². The predicted octanol–water partition coefficient (Wildman–Crippen LogP) is 4.53.